The summed E-state index contributed by atoms with van der Waals surface area (Å²) in [6, 6.07) is 10.3. The summed E-state index contributed by atoms with van der Waals surface area (Å²) in [5.41, 5.74) is 3.98. The molecule has 1 amide bonds. The van der Waals surface area contributed by atoms with Gasteiger partial charge in [-0.2, -0.15) is 0 Å². The summed E-state index contributed by atoms with van der Waals surface area (Å²) < 4.78 is 1.09. The van der Waals surface area contributed by atoms with Gasteiger partial charge in [-0.05, 0) is 63.7 Å². The van der Waals surface area contributed by atoms with Crippen molar-refractivity contribution in [2.75, 3.05) is 32.1 Å². The lowest BCUT2D eigenvalue weighted by molar-refractivity contribution is -0.384. The highest BCUT2D eigenvalue weighted by atomic mass is 32.1. The third kappa shape index (κ3) is 5.20. The standard InChI is InChI=1S/C22H26N4O3S/c1-15-12-16(2)21-19(13-15)23-22(30-21)25(11-5-10-24(3)4)20(27)14-17-6-8-18(9-7-17)26(28)29/h6-9,12-13H,5,10-11,14H2,1-4H3. The van der Waals surface area contributed by atoms with Gasteiger partial charge in [0, 0.05) is 18.7 Å². The predicted octanol–water partition coefficient (Wildman–Crippen LogP) is 4.35. The van der Waals surface area contributed by atoms with Gasteiger partial charge in [0.15, 0.2) is 5.13 Å². The van der Waals surface area contributed by atoms with Crippen molar-refractivity contribution < 1.29 is 9.72 Å². The van der Waals surface area contributed by atoms with Gasteiger partial charge in [0.25, 0.3) is 5.69 Å². The van der Waals surface area contributed by atoms with Crippen LogP contribution in [0.15, 0.2) is 36.4 Å². The van der Waals surface area contributed by atoms with Gasteiger partial charge in [-0.15, -0.1) is 0 Å². The van der Waals surface area contributed by atoms with Crippen LogP contribution in [0.3, 0.4) is 0 Å². The highest BCUT2D eigenvalue weighted by Gasteiger charge is 2.21. The van der Waals surface area contributed by atoms with E-state index in [2.05, 4.69) is 17.9 Å². The van der Waals surface area contributed by atoms with E-state index in [1.807, 2.05) is 27.1 Å². The number of aromatic nitrogens is 1. The molecule has 2 aromatic carbocycles. The van der Waals surface area contributed by atoms with E-state index in [9.17, 15) is 14.9 Å². The number of hydrogen-bond donors (Lipinski definition) is 0. The van der Waals surface area contributed by atoms with Gasteiger partial charge in [0.1, 0.15) is 0 Å². The molecular weight excluding hydrogens is 400 g/mol. The van der Waals surface area contributed by atoms with E-state index in [-0.39, 0.29) is 18.0 Å². The topological polar surface area (TPSA) is 79.6 Å². The molecule has 0 fully saturated rings. The van der Waals surface area contributed by atoms with E-state index in [1.165, 1.54) is 23.5 Å². The maximum absolute atomic E-state index is 13.2. The lowest BCUT2D eigenvalue weighted by Gasteiger charge is -2.21. The molecule has 0 N–H and O–H groups in total. The van der Waals surface area contributed by atoms with Crippen molar-refractivity contribution in [3.05, 3.63) is 63.2 Å². The maximum Gasteiger partial charge on any atom is 0.269 e. The fraction of sp³-hybridized carbons (Fsp3) is 0.364. The number of benzene rings is 2. The number of hydrogen-bond acceptors (Lipinski definition) is 6. The van der Waals surface area contributed by atoms with E-state index in [0.29, 0.717) is 11.7 Å². The van der Waals surface area contributed by atoms with Crippen molar-refractivity contribution in [3.63, 3.8) is 0 Å². The Morgan fingerprint density at radius 1 is 1.13 bits per heavy atom. The molecule has 0 aliphatic rings. The molecule has 7 nitrogen and oxygen atoms in total. The second-order valence-corrected chi connectivity index (χ2v) is 8.71. The molecule has 0 spiro atoms. The average molecular weight is 427 g/mol. The minimum atomic E-state index is -0.440. The van der Waals surface area contributed by atoms with Gasteiger partial charge in [-0.25, -0.2) is 4.98 Å². The Labute approximate surface area is 180 Å². The predicted molar refractivity (Wildman–Crippen MR) is 121 cm³/mol. The minimum absolute atomic E-state index is 0.0195. The van der Waals surface area contributed by atoms with Crippen molar-refractivity contribution in [1.29, 1.82) is 0 Å². The van der Waals surface area contributed by atoms with Crippen LogP contribution in [0.25, 0.3) is 10.2 Å². The highest BCUT2D eigenvalue weighted by Crippen LogP contribution is 2.32. The van der Waals surface area contributed by atoms with Gasteiger partial charge in [0.2, 0.25) is 5.91 Å². The normalized spacial score (nSPS) is 11.2. The zero-order valence-electron chi connectivity index (χ0n) is 17.7. The third-order valence-electron chi connectivity index (χ3n) is 4.83. The molecule has 0 radical (unpaired) electrons. The van der Waals surface area contributed by atoms with Crippen molar-refractivity contribution >= 4 is 38.3 Å². The summed E-state index contributed by atoms with van der Waals surface area (Å²) in [7, 11) is 4.01. The van der Waals surface area contributed by atoms with Crippen LogP contribution in [0.1, 0.15) is 23.1 Å². The van der Waals surface area contributed by atoms with Gasteiger partial charge in [-0.3, -0.25) is 19.8 Å². The van der Waals surface area contributed by atoms with Gasteiger partial charge in [0.05, 0.1) is 21.6 Å². The Hall–Kier alpha value is -2.84. The molecule has 3 aromatic rings. The number of nitro benzene ring substituents is 1. The zero-order chi connectivity index (χ0) is 21.8. The van der Waals surface area contributed by atoms with E-state index in [1.54, 1.807) is 17.0 Å². The fourth-order valence-electron chi connectivity index (χ4n) is 3.36. The summed E-state index contributed by atoms with van der Waals surface area (Å²) in [5.74, 6) is -0.0592. The number of amides is 1. The molecular formula is C22H26N4O3S. The first-order valence-electron chi connectivity index (χ1n) is 9.81. The minimum Gasteiger partial charge on any atom is -0.309 e. The molecule has 0 saturated carbocycles. The molecule has 1 aromatic heterocycles. The fourth-order valence-corrected chi connectivity index (χ4v) is 4.42. The number of nitro groups is 1. The first-order valence-corrected chi connectivity index (χ1v) is 10.6. The second kappa shape index (κ2) is 9.32. The average Bonchev–Trinajstić information content (AvgIpc) is 3.09. The molecule has 3 rings (SSSR count). The van der Waals surface area contributed by atoms with Gasteiger partial charge in [-0.1, -0.05) is 29.5 Å². The second-order valence-electron chi connectivity index (χ2n) is 7.73. The summed E-state index contributed by atoms with van der Waals surface area (Å²) in [6.07, 6.45) is 1.00. The molecule has 1 heterocycles. The van der Waals surface area contributed by atoms with E-state index >= 15 is 0 Å². The highest BCUT2D eigenvalue weighted by molar-refractivity contribution is 7.22. The molecule has 30 heavy (non-hydrogen) atoms. The molecule has 0 saturated heterocycles. The number of thiazole rings is 1. The third-order valence-corrected chi connectivity index (χ3v) is 6.06. The summed E-state index contributed by atoms with van der Waals surface area (Å²) >= 11 is 1.54. The smallest absolute Gasteiger partial charge is 0.269 e. The number of nitrogens with zero attached hydrogens (tertiary/aromatic N) is 4. The first-order chi connectivity index (χ1) is 14.2. The number of fused-ring (bicyclic) bond motifs is 1. The maximum atomic E-state index is 13.2. The van der Waals surface area contributed by atoms with Crippen LogP contribution >= 0.6 is 11.3 Å². The van der Waals surface area contributed by atoms with Crippen molar-refractivity contribution in [2.45, 2.75) is 26.7 Å². The van der Waals surface area contributed by atoms with E-state index < -0.39 is 4.92 Å². The molecule has 158 valence electrons. The van der Waals surface area contributed by atoms with Gasteiger partial charge < -0.3 is 4.90 Å². The Bertz CT molecular complexity index is 1060. The molecule has 0 aliphatic carbocycles. The first kappa shape index (κ1) is 21.9. The summed E-state index contributed by atoms with van der Waals surface area (Å²) in [4.78, 5) is 32.2. The van der Waals surface area contributed by atoms with E-state index in [0.717, 1.165) is 39.9 Å². The molecule has 8 heteroatoms. The van der Waals surface area contributed by atoms with Crippen LogP contribution in [0.5, 0.6) is 0 Å². The van der Waals surface area contributed by atoms with Gasteiger partial charge >= 0.3 is 0 Å². The summed E-state index contributed by atoms with van der Waals surface area (Å²) in [6.45, 7) is 5.54. The van der Waals surface area contributed by atoms with Crippen LogP contribution in [0, 0.1) is 24.0 Å². The Morgan fingerprint density at radius 3 is 2.47 bits per heavy atom. The Morgan fingerprint density at radius 2 is 1.83 bits per heavy atom. The SMILES string of the molecule is Cc1cc(C)c2sc(N(CCCN(C)C)C(=O)Cc3ccc([N+](=O)[O-])cc3)nc2c1. The number of non-ortho nitro benzene ring substituents is 1. The van der Waals surface area contributed by atoms with Crippen molar-refractivity contribution in [1.82, 2.24) is 9.88 Å². The molecule has 0 atom stereocenters. The van der Waals surface area contributed by atoms with Crippen LogP contribution in [-0.4, -0.2) is 47.9 Å². The summed E-state index contributed by atoms with van der Waals surface area (Å²) in [5, 5.41) is 11.6. The number of aryl methyl sites for hydroxylation is 2. The number of carbonyl (C=O) groups is 1. The largest absolute Gasteiger partial charge is 0.309 e. The van der Waals surface area contributed by atoms with Crippen LogP contribution in [-0.2, 0) is 11.2 Å². The van der Waals surface area contributed by atoms with Crippen molar-refractivity contribution in [3.8, 4) is 0 Å². The lowest BCUT2D eigenvalue weighted by Crippen LogP contribution is -2.34. The van der Waals surface area contributed by atoms with Crippen LogP contribution in [0.2, 0.25) is 0 Å². The number of anilines is 1. The van der Waals surface area contributed by atoms with Crippen molar-refractivity contribution in [2.24, 2.45) is 0 Å². The number of carbonyl (C=O) groups excluding carboxylic acids is 1. The molecule has 0 bridgehead atoms. The zero-order valence-corrected chi connectivity index (χ0v) is 18.5. The monoisotopic (exact) mass is 426 g/mol. The molecule has 0 aliphatic heterocycles. The Kier molecular flexibility index (Phi) is 6.79. The molecule has 0 unspecified atom stereocenters. The Balaban J connectivity index is 1.86. The van der Waals surface area contributed by atoms with Crippen LogP contribution in [0.4, 0.5) is 10.8 Å². The lowest BCUT2D eigenvalue weighted by atomic mass is 10.1. The number of rotatable bonds is 8. The quantitative estimate of drug-likeness (QED) is 0.395. The van der Waals surface area contributed by atoms with E-state index in [4.69, 9.17) is 4.98 Å². The van der Waals surface area contributed by atoms with Crippen LogP contribution < -0.4 is 4.90 Å².